The molecular weight excluding hydrogens is 266 g/mol. The molecule has 0 unspecified atom stereocenters. The number of thioether (sulfide) groups is 3. The molecule has 1 fully saturated rings. The number of amides is 2. The van der Waals surface area contributed by atoms with Gasteiger partial charge in [-0.15, -0.1) is 0 Å². The molecular formula is C8H9N3O2S3. The zero-order chi connectivity index (χ0) is 11.4. The molecule has 0 aromatic carbocycles. The van der Waals surface area contributed by atoms with Gasteiger partial charge in [-0.2, -0.15) is 4.99 Å². The Morgan fingerprint density at radius 3 is 3.06 bits per heavy atom. The summed E-state index contributed by atoms with van der Waals surface area (Å²) in [6, 6.07) is 0. The first-order valence-corrected chi connectivity index (χ1v) is 7.54. The average Bonchev–Trinajstić information content (AvgIpc) is 2.87. The first kappa shape index (κ1) is 12.0. The van der Waals surface area contributed by atoms with E-state index in [0.29, 0.717) is 10.9 Å². The van der Waals surface area contributed by atoms with Crippen molar-refractivity contribution < 1.29 is 9.59 Å². The van der Waals surface area contributed by atoms with Gasteiger partial charge in [0.05, 0.1) is 18.1 Å². The lowest BCUT2D eigenvalue weighted by Crippen LogP contribution is -2.21. The molecule has 2 rings (SSSR count). The van der Waals surface area contributed by atoms with E-state index in [1.165, 1.54) is 23.5 Å². The lowest BCUT2D eigenvalue weighted by Gasteiger charge is -1.97. The van der Waals surface area contributed by atoms with Crippen LogP contribution in [0.5, 0.6) is 0 Å². The second-order valence-electron chi connectivity index (χ2n) is 2.93. The number of carbonyl (C=O) groups is 2. The highest BCUT2D eigenvalue weighted by molar-refractivity contribution is 8.39. The van der Waals surface area contributed by atoms with Gasteiger partial charge in [-0.05, 0) is 0 Å². The van der Waals surface area contributed by atoms with Crippen LogP contribution < -0.4 is 5.32 Å². The van der Waals surface area contributed by atoms with Crippen LogP contribution in [0.2, 0.25) is 0 Å². The van der Waals surface area contributed by atoms with Gasteiger partial charge in [0.1, 0.15) is 4.38 Å². The van der Waals surface area contributed by atoms with E-state index in [1.54, 1.807) is 11.8 Å². The van der Waals surface area contributed by atoms with Crippen molar-refractivity contribution in [1.29, 1.82) is 0 Å². The van der Waals surface area contributed by atoms with Crippen LogP contribution in [-0.2, 0) is 9.59 Å². The van der Waals surface area contributed by atoms with E-state index in [4.69, 9.17) is 0 Å². The van der Waals surface area contributed by atoms with Crippen LogP contribution in [0.15, 0.2) is 9.98 Å². The van der Waals surface area contributed by atoms with Gasteiger partial charge in [0.25, 0.3) is 5.91 Å². The molecule has 86 valence electrons. The minimum absolute atomic E-state index is 0.0973. The van der Waals surface area contributed by atoms with Crippen molar-refractivity contribution >= 4 is 56.6 Å². The molecule has 8 heteroatoms. The number of carbonyl (C=O) groups excluding carboxylic acids is 2. The Morgan fingerprint density at radius 1 is 1.56 bits per heavy atom. The first-order valence-electron chi connectivity index (χ1n) is 4.58. The highest BCUT2D eigenvalue weighted by Gasteiger charge is 2.18. The molecule has 0 radical (unpaired) electrons. The third kappa shape index (κ3) is 3.53. The molecule has 2 aliphatic heterocycles. The fraction of sp³-hybridized carbons (Fsp3) is 0.500. The zero-order valence-electron chi connectivity index (χ0n) is 8.26. The molecule has 1 saturated heterocycles. The van der Waals surface area contributed by atoms with Gasteiger partial charge >= 0.3 is 0 Å². The van der Waals surface area contributed by atoms with Crippen LogP contribution in [0.1, 0.15) is 0 Å². The molecule has 16 heavy (non-hydrogen) atoms. The predicted octanol–water partition coefficient (Wildman–Crippen LogP) is 0.568. The molecule has 0 aliphatic carbocycles. The largest absolute Gasteiger partial charge is 0.304 e. The van der Waals surface area contributed by atoms with Crippen LogP contribution in [-0.4, -0.2) is 45.2 Å². The van der Waals surface area contributed by atoms with E-state index in [1.807, 2.05) is 0 Å². The summed E-state index contributed by atoms with van der Waals surface area (Å²) in [6.07, 6.45) is 0. The van der Waals surface area contributed by atoms with Crippen molar-refractivity contribution in [3.8, 4) is 0 Å². The van der Waals surface area contributed by atoms with Crippen LogP contribution in [0.3, 0.4) is 0 Å². The highest BCUT2D eigenvalue weighted by Crippen LogP contribution is 2.22. The lowest BCUT2D eigenvalue weighted by atomic mass is 10.7. The number of nitrogens with zero attached hydrogens (tertiary/aromatic N) is 2. The first-order chi connectivity index (χ1) is 7.74. The van der Waals surface area contributed by atoms with E-state index >= 15 is 0 Å². The maximum atomic E-state index is 11.4. The van der Waals surface area contributed by atoms with Crippen LogP contribution in [0.25, 0.3) is 0 Å². The van der Waals surface area contributed by atoms with Gasteiger partial charge < -0.3 is 5.32 Å². The molecule has 0 aromatic heterocycles. The standard InChI is InChI=1S/C8H9N3O2S3/c12-5-3-15-7(10-5)11-6(13)4-16-8-9-1-2-14-8/h1-4H2,(H,10,11,12,13). The number of hydrogen-bond acceptors (Lipinski definition) is 6. The van der Waals surface area contributed by atoms with E-state index < -0.39 is 0 Å². The fourth-order valence-corrected chi connectivity index (χ4v) is 3.54. The Balaban J connectivity index is 1.77. The Labute approximate surface area is 105 Å². The molecule has 0 atom stereocenters. The van der Waals surface area contributed by atoms with Crippen molar-refractivity contribution in [3.63, 3.8) is 0 Å². The summed E-state index contributed by atoms with van der Waals surface area (Å²) in [5.74, 6) is 1.30. The van der Waals surface area contributed by atoms with E-state index in [2.05, 4.69) is 15.3 Å². The fourth-order valence-electron chi connectivity index (χ4n) is 1.06. The van der Waals surface area contributed by atoms with Crippen molar-refractivity contribution in [2.24, 2.45) is 9.98 Å². The quantitative estimate of drug-likeness (QED) is 0.797. The molecule has 0 spiro atoms. The summed E-state index contributed by atoms with van der Waals surface area (Å²) in [4.78, 5) is 30.3. The summed E-state index contributed by atoms with van der Waals surface area (Å²) in [5.41, 5.74) is 0. The van der Waals surface area contributed by atoms with Crippen LogP contribution in [0.4, 0.5) is 0 Å². The summed E-state index contributed by atoms with van der Waals surface area (Å²) in [7, 11) is 0. The summed E-state index contributed by atoms with van der Waals surface area (Å²) < 4.78 is 0.955. The van der Waals surface area contributed by atoms with Gasteiger partial charge in [-0.1, -0.05) is 35.3 Å². The molecule has 2 aliphatic rings. The maximum absolute atomic E-state index is 11.4. The Hall–Kier alpha value is -0.470. The molecule has 0 saturated carbocycles. The van der Waals surface area contributed by atoms with Crippen molar-refractivity contribution in [1.82, 2.24) is 5.32 Å². The van der Waals surface area contributed by atoms with Crippen molar-refractivity contribution in [2.75, 3.05) is 23.8 Å². The van der Waals surface area contributed by atoms with Gasteiger partial charge in [-0.25, -0.2) is 0 Å². The minimum atomic E-state index is -0.232. The van der Waals surface area contributed by atoms with E-state index in [9.17, 15) is 9.59 Å². The average molecular weight is 275 g/mol. The topological polar surface area (TPSA) is 70.9 Å². The zero-order valence-corrected chi connectivity index (χ0v) is 10.7. The monoisotopic (exact) mass is 275 g/mol. The van der Waals surface area contributed by atoms with E-state index in [-0.39, 0.29) is 17.6 Å². The maximum Gasteiger partial charge on any atom is 0.258 e. The Kier molecular flexibility index (Phi) is 4.30. The molecule has 1 N–H and O–H groups in total. The Bertz CT molecular complexity index is 381. The second kappa shape index (κ2) is 5.74. The van der Waals surface area contributed by atoms with Gasteiger partial charge in [0.2, 0.25) is 5.91 Å². The summed E-state index contributed by atoms with van der Waals surface area (Å²) in [5, 5.41) is 2.93. The smallest absolute Gasteiger partial charge is 0.258 e. The SMILES string of the molecule is O=C(CSC1=NCCS1)N=C1NC(=O)CS1. The van der Waals surface area contributed by atoms with Crippen molar-refractivity contribution in [2.45, 2.75) is 0 Å². The molecule has 5 nitrogen and oxygen atoms in total. The molecule has 2 amide bonds. The third-order valence-electron chi connectivity index (χ3n) is 1.69. The number of amidine groups is 1. The Morgan fingerprint density at radius 2 is 2.44 bits per heavy atom. The highest BCUT2D eigenvalue weighted by atomic mass is 32.2. The second-order valence-corrected chi connectivity index (χ2v) is 6.20. The number of nitrogens with one attached hydrogen (secondary N) is 1. The van der Waals surface area contributed by atoms with Crippen LogP contribution >= 0.6 is 35.3 Å². The number of aliphatic imine (C=N–C) groups is 2. The van der Waals surface area contributed by atoms with Gasteiger partial charge in [0, 0.05) is 5.75 Å². The summed E-state index contributed by atoms with van der Waals surface area (Å²) in [6.45, 7) is 0.835. The minimum Gasteiger partial charge on any atom is -0.304 e. The van der Waals surface area contributed by atoms with Gasteiger partial charge in [-0.3, -0.25) is 14.6 Å². The molecule has 0 aromatic rings. The summed E-state index contributed by atoms with van der Waals surface area (Å²) >= 11 is 4.34. The molecule has 2 heterocycles. The lowest BCUT2D eigenvalue weighted by molar-refractivity contribution is -0.116. The van der Waals surface area contributed by atoms with Crippen LogP contribution in [0, 0.1) is 0 Å². The third-order valence-corrected chi connectivity index (χ3v) is 4.80. The van der Waals surface area contributed by atoms with Crippen molar-refractivity contribution in [3.05, 3.63) is 0 Å². The van der Waals surface area contributed by atoms with Gasteiger partial charge in [0.15, 0.2) is 5.17 Å². The predicted molar refractivity (Wildman–Crippen MR) is 70.3 cm³/mol. The number of hydrogen-bond donors (Lipinski definition) is 1. The molecule has 0 bridgehead atoms. The van der Waals surface area contributed by atoms with E-state index in [0.717, 1.165) is 16.7 Å². The number of rotatable bonds is 2. The normalized spacial score (nSPS) is 22.4.